The molecule has 6 nitrogen and oxygen atoms in total. The average Bonchev–Trinajstić information content (AvgIpc) is 2.99. The molecule has 1 heterocycles. The van der Waals surface area contributed by atoms with E-state index >= 15 is 0 Å². The van der Waals surface area contributed by atoms with E-state index in [1.807, 2.05) is 0 Å². The molecule has 1 aliphatic rings. The van der Waals surface area contributed by atoms with Crippen LogP contribution in [0.2, 0.25) is 0 Å². The smallest absolute Gasteiger partial charge is 0.317 e. The molecule has 104 valence electrons. The molecule has 2 rings (SSSR count). The maximum Gasteiger partial charge on any atom is 0.317 e. The molecular weight excluding hydrogens is 248 g/mol. The van der Waals surface area contributed by atoms with Gasteiger partial charge in [-0.05, 0) is 25.3 Å². The van der Waals surface area contributed by atoms with Crippen molar-refractivity contribution in [2.75, 3.05) is 7.05 Å². The number of hydrogen-bond donors (Lipinski definition) is 2. The zero-order valence-corrected chi connectivity index (χ0v) is 10.8. The Labute approximate surface area is 111 Å². The number of carboxylic acids is 1. The monoisotopic (exact) mass is 266 g/mol. The molecule has 1 aromatic heterocycles. The summed E-state index contributed by atoms with van der Waals surface area (Å²) in [4.78, 5) is 24.3. The summed E-state index contributed by atoms with van der Waals surface area (Å²) in [6, 6.07) is 1.58. The molecule has 0 aromatic carbocycles. The molecule has 1 aliphatic carbocycles. The zero-order chi connectivity index (χ0) is 13.8. The summed E-state index contributed by atoms with van der Waals surface area (Å²) < 4.78 is 4.95. The highest BCUT2D eigenvalue weighted by molar-refractivity contribution is 5.75. The van der Waals surface area contributed by atoms with Crippen LogP contribution >= 0.6 is 0 Å². The van der Waals surface area contributed by atoms with Crippen LogP contribution < -0.4 is 5.32 Å². The van der Waals surface area contributed by atoms with Gasteiger partial charge in [-0.3, -0.25) is 4.79 Å². The van der Waals surface area contributed by atoms with E-state index in [0.717, 1.165) is 12.0 Å². The third-order valence-electron chi connectivity index (χ3n) is 3.46. The van der Waals surface area contributed by atoms with Crippen molar-refractivity contribution in [3.8, 4) is 0 Å². The van der Waals surface area contributed by atoms with Crippen LogP contribution in [0.3, 0.4) is 0 Å². The molecule has 1 aromatic rings. The summed E-state index contributed by atoms with van der Waals surface area (Å²) in [5.41, 5.74) is 0.924. The van der Waals surface area contributed by atoms with Gasteiger partial charge in [0.2, 0.25) is 0 Å². The van der Waals surface area contributed by atoms with Gasteiger partial charge in [-0.15, -0.1) is 0 Å². The number of nitrogens with one attached hydrogen (secondary N) is 1. The van der Waals surface area contributed by atoms with E-state index in [1.165, 1.54) is 0 Å². The molecule has 6 heteroatoms. The van der Waals surface area contributed by atoms with Crippen molar-refractivity contribution in [2.24, 2.45) is 5.92 Å². The Bertz CT molecular complexity index is 444. The third kappa shape index (κ3) is 3.49. The number of aliphatic carboxylic acids is 1. The SMILES string of the molecule is CN(Cc1ccoc1)C(=O)NC1CCC(C(=O)O)C1. The van der Waals surface area contributed by atoms with Gasteiger partial charge in [0.1, 0.15) is 0 Å². The summed E-state index contributed by atoms with van der Waals surface area (Å²) >= 11 is 0. The molecule has 0 aliphatic heterocycles. The van der Waals surface area contributed by atoms with Crippen LogP contribution in [0.4, 0.5) is 4.79 Å². The second-order valence-corrected chi connectivity index (χ2v) is 4.98. The summed E-state index contributed by atoms with van der Waals surface area (Å²) in [6.07, 6.45) is 5.03. The first-order chi connectivity index (χ1) is 9.06. The van der Waals surface area contributed by atoms with E-state index in [1.54, 1.807) is 30.5 Å². The Morgan fingerprint density at radius 1 is 1.53 bits per heavy atom. The summed E-state index contributed by atoms with van der Waals surface area (Å²) in [6.45, 7) is 0.470. The number of hydrogen-bond acceptors (Lipinski definition) is 3. The molecule has 1 fully saturated rings. The highest BCUT2D eigenvalue weighted by atomic mass is 16.4. The minimum Gasteiger partial charge on any atom is -0.481 e. The van der Waals surface area contributed by atoms with Crippen LogP contribution in [0.25, 0.3) is 0 Å². The van der Waals surface area contributed by atoms with Gasteiger partial charge < -0.3 is 19.7 Å². The largest absolute Gasteiger partial charge is 0.481 e. The first kappa shape index (κ1) is 13.5. The number of carbonyl (C=O) groups is 2. The van der Waals surface area contributed by atoms with Gasteiger partial charge in [-0.1, -0.05) is 0 Å². The fourth-order valence-corrected chi connectivity index (χ4v) is 2.35. The molecule has 0 bridgehead atoms. The summed E-state index contributed by atoms with van der Waals surface area (Å²) in [5, 5.41) is 11.8. The standard InChI is InChI=1S/C13H18N2O4/c1-15(7-9-4-5-19-8-9)13(18)14-11-3-2-10(6-11)12(16)17/h4-5,8,10-11H,2-3,6-7H2,1H3,(H,14,18)(H,16,17). The minimum atomic E-state index is -0.775. The van der Waals surface area contributed by atoms with E-state index < -0.39 is 5.97 Å². The number of carboxylic acid groups (broad SMARTS) is 1. The van der Waals surface area contributed by atoms with Gasteiger partial charge >= 0.3 is 12.0 Å². The number of rotatable bonds is 4. The van der Waals surface area contributed by atoms with E-state index in [9.17, 15) is 9.59 Å². The first-order valence-corrected chi connectivity index (χ1v) is 6.31. The normalized spacial score (nSPS) is 22.2. The highest BCUT2D eigenvalue weighted by Crippen LogP contribution is 2.25. The van der Waals surface area contributed by atoms with Crippen LogP contribution in [-0.4, -0.2) is 35.1 Å². The van der Waals surface area contributed by atoms with E-state index in [2.05, 4.69) is 5.32 Å². The maximum absolute atomic E-state index is 11.9. The Kier molecular flexibility index (Phi) is 4.09. The number of furan rings is 1. The van der Waals surface area contributed by atoms with E-state index in [4.69, 9.17) is 9.52 Å². The zero-order valence-electron chi connectivity index (χ0n) is 10.8. The van der Waals surface area contributed by atoms with Gasteiger partial charge in [-0.25, -0.2) is 4.79 Å². The second kappa shape index (κ2) is 5.77. The number of carbonyl (C=O) groups excluding carboxylic acids is 1. The van der Waals surface area contributed by atoms with Crippen molar-refractivity contribution in [1.29, 1.82) is 0 Å². The average molecular weight is 266 g/mol. The number of nitrogens with zero attached hydrogens (tertiary/aromatic N) is 1. The molecule has 1 saturated carbocycles. The Morgan fingerprint density at radius 3 is 2.89 bits per heavy atom. The predicted octanol–water partition coefficient (Wildman–Crippen LogP) is 1.67. The number of amides is 2. The minimum absolute atomic E-state index is 0.0413. The predicted molar refractivity (Wildman–Crippen MR) is 67.5 cm³/mol. The van der Waals surface area contributed by atoms with Gasteiger partial charge in [0.25, 0.3) is 0 Å². The molecule has 2 amide bonds. The van der Waals surface area contributed by atoms with Gasteiger partial charge in [0.15, 0.2) is 0 Å². The Balaban J connectivity index is 1.79. The van der Waals surface area contributed by atoms with Gasteiger partial charge in [0.05, 0.1) is 25.0 Å². The summed E-state index contributed by atoms with van der Waals surface area (Å²) in [5.74, 6) is -1.10. The van der Waals surface area contributed by atoms with Crippen LogP contribution in [0.15, 0.2) is 23.0 Å². The van der Waals surface area contributed by atoms with Crippen LogP contribution in [0.5, 0.6) is 0 Å². The fourth-order valence-electron chi connectivity index (χ4n) is 2.35. The van der Waals surface area contributed by atoms with E-state index in [0.29, 0.717) is 19.4 Å². The van der Waals surface area contributed by atoms with Crippen molar-refractivity contribution in [2.45, 2.75) is 31.8 Å². The molecule has 0 saturated heterocycles. The molecule has 19 heavy (non-hydrogen) atoms. The fraction of sp³-hybridized carbons (Fsp3) is 0.538. The van der Waals surface area contributed by atoms with Crippen LogP contribution in [0, 0.1) is 5.92 Å². The van der Waals surface area contributed by atoms with Gasteiger partial charge in [-0.2, -0.15) is 0 Å². The lowest BCUT2D eigenvalue weighted by atomic mass is 10.1. The molecule has 2 N–H and O–H groups in total. The third-order valence-corrected chi connectivity index (χ3v) is 3.46. The van der Waals surface area contributed by atoms with Crippen LogP contribution in [-0.2, 0) is 11.3 Å². The number of urea groups is 1. The maximum atomic E-state index is 11.9. The Hall–Kier alpha value is -1.98. The van der Waals surface area contributed by atoms with Gasteiger partial charge in [0, 0.05) is 18.7 Å². The molecule has 2 atom stereocenters. The second-order valence-electron chi connectivity index (χ2n) is 4.98. The van der Waals surface area contributed by atoms with E-state index in [-0.39, 0.29) is 18.0 Å². The lowest BCUT2D eigenvalue weighted by Gasteiger charge is -2.20. The lowest BCUT2D eigenvalue weighted by molar-refractivity contribution is -0.141. The van der Waals surface area contributed by atoms with Crippen molar-refractivity contribution in [3.63, 3.8) is 0 Å². The summed E-state index contributed by atoms with van der Waals surface area (Å²) in [7, 11) is 1.70. The van der Waals surface area contributed by atoms with Crippen molar-refractivity contribution >= 4 is 12.0 Å². The quantitative estimate of drug-likeness (QED) is 0.868. The van der Waals surface area contributed by atoms with Crippen LogP contribution in [0.1, 0.15) is 24.8 Å². The molecule has 0 spiro atoms. The lowest BCUT2D eigenvalue weighted by Crippen LogP contribution is -2.41. The van der Waals surface area contributed by atoms with Crippen molar-refractivity contribution in [3.05, 3.63) is 24.2 Å². The van der Waals surface area contributed by atoms with Crippen molar-refractivity contribution in [1.82, 2.24) is 10.2 Å². The first-order valence-electron chi connectivity index (χ1n) is 6.31. The topological polar surface area (TPSA) is 82.8 Å². The molecule has 2 unspecified atom stereocenters. The van der Waals surface area contributed by atoms with Crippen molar-refractivity contribution < 1.29 is 19.1 Å². The molecule has 0 radical (unpaired) electrons. The highest BCUT2D eigenvalue weighted by Gasteiger charge is 2.30. The Morgan fingerprint density at radius 2 is 2.32 bits per heavy atom. The molecular formula is C13H18N2O4.